The third-order valence-electron chi connectivity index (χ3n) is 6.61. The summed E-state index contributed by atoms with van der Waals surface area (Å²) in [6.45, 7) is 26.4. The summed E-state index contributed by atoms with van der Waals surface area (Å²) in [5.41, 5.74) is 2.69. The zero-order valence-corrected chi connectivity index (χ0v) is 25.2. The number of hydrogen-bond acceptors (Lipinski definition) is 1. The van der Waals surface area contributed by atoms with E-state index in [1.54, 1.807) is 0 Å². The van der Waals surface area contributed by atoms with Crippen molar-refractivity contribution in [2.45, 2.75) is 78.7 Å². The molecule has 2 unspecified atom stereocenters. The van der Waals surface area contributed by atoms with Crippen molar-refractivity contribution in [3.05, 3.63) is 84.5 Å². The predicted molar refractivity (Wildman–Crippen MR) is 158 cm³/mol. The molecule has 2 rings (SSSR count). The Morgan fingerprint density at radius 3 is 1.79 bits per heavy atom. The summed E-state index contributed by atoms with van der Waals surface area (Å²) in [5, 5.41) is 2.73. The Bertz CT molecular complexity index is 893. The Balaban J connectivity index is 2.23. The summed E-state index contributed by atoms with van der Waals surface area (Å²) < 4.78 is 7.15. The van der Waals surface area contributed by atoms with Crippen LogP contribution in [-0.4, -0.2) is 23.0 Å². The van der Waals surface area contributed by atoms with Crippen LogP contribution in [0.3, 0.4) is 0 Å². The summed E-state index contributed by atoms with van der Waals surface area (Å²) in [6, 6.07) is 23.1. The van der Waals surface area contributed by atoms with E-state index in [0.29, 0.717) is 11.8 Å². The van der Waals surface area contributed by atoms with Gasteiger partial charge < -0.3 is 4.43 Å². The van der Waals surface area contributed by atoms with Crippen LogP contribution in [0.15, 0.2) is 84.5 Å². The van der Waals surface area contributed by atoms with Crippen molar-refractivity contribution < 1.29 is 4.43 Å². The Labute approximate surface area is 212 Å². The Morgan fingerprint density at radius 2 is 1.38 bits per heavy atom. The lowest BCUT2D eigenvalue weighted by molar-refractivity contribution is 0.230. The maximum absolute atomic E-state index is 7.15. The molecular formula is C31H48OSi2. The average Bonchev–Trinajstić information content (AvgIpc) is 2.73. The molecule has 0 N–H and O–H groups in total. The lowest BCUT2D eigenvalue weighted by atomic mass is 9.95. The highest BCUT2D eigenvalue weighted by Gasteiger charge is 2.50. The maximum Gasteiger partial charge on any atom is 0.261 e. The number of rotatable bonds is 11. The van der Waals surface area contributed by atoms with E-state index in [4.69, 9.17) is 4.43 Å². The second-order valence-electron chi connectivity index (χ2n) is 12.5. The Kier molecular flexibility index (Phi) is 9.94. The lowest BCUT2D eigenvalue weighted by Gasteiger charge is -2.43. The minimum Gasteiger partial charge on any atom is -0.407 e. The molecule has 0 radical (unpaired) electrons. The summed E-state index contributed by atoms with van der Waals surface area (Å²) in [5.74, 6) is 0.988. The van der Waals surface area contributed by atoms with Gasteiger partial charge in [0.05, 0.1) is 0 Å². The molecule has 0 amide bonds. The van der Waals surface area contributed by atoms with Crippen molar-refractivity contribution in [2.75, 3.05) is 6.61 Å². The minimum absolute atomic E-state index is 0.0200. The second-order valence-corrected chi connectivity index (χ2v) is 22.3. The number of benzene rings is 2. The smallest absolute Gasteiger partial charge is 0.261 e. The van der Waals surface area contributed by atoms with E-state index >= 15 is 0 Å². The zero-order chi connectivity index (χ0) is 25.6. The van der Waals surface area contributed by atoms with Gasteiger partial charge in [0.1, 0.15) is 0 Å². The largest absolute Gasteiger partial charge is 0.407 e. The fourth-order valence-electron chi connectivity index (χ4n) is 5.12. The summed E-state index contributed by atoms with van der Waals surface area (Å²) in [4.78, 5) is 0. The van der Waals surface area contributed by atoms with Gasteiger partial charge in [-0.05, 0) is 46.6 Å². The topological polar surface area (TPSA) is 9.23 Å². The van der Waals surface area contributed by atoms with Gasteiger partial charge in [-0.25, -0.2) is 0 Å². The van der Waals surface area contributed by atoms with E-state index in [0.717, 1.165) is 13.0 Å². The van der Waals surface area contributed by atoms with Gasteiger partial charge in [0.2, 0.25) is 0 Å². The van der Waals surface area contributed by atoms with Gasteiger partial charge in [0.25, 0.3) is 8.32 Å². The van der Waals surface area contributed by atoms with Gasteiger partial charge in [0, 0.05) is 14.7 Å². The van der Waals surface area contributed by atoms with E-state index in [1.165, 1.54) is 27.6 Å². The third kappa shape index (κ3) is 7.66. The molecule has 0 bridgehead atoms. The quantitative estimate of drug-likeness (QED) is 0.228. The summed E-state index contributed by atoms with van der Waals surface area (Å²) >= 11 is 0. The van der Waals surface area contributed by atoms with Crippen LogP contribution in [0.5, 0.6) is 0 Å². The van der Waals surface area contributed by atoms with Crippen LogP contribution < -0.4 is 10.4 Å². The van der Waals surface area contributed by atoms with Crippen LogP contribution in [0.1, 0.15) is 48.0 Å². The first-order valence-electron chi connectivity index (χ1n) is 12.9. The van der Waals surface area contributed by atoms with Gasteiger partial charge in [-0.1, -0.05) is 139 Å². The van der Waals surface area contributed by atoms with Crippen LogP contribution in [-0.2, 0) is 4.43 Å². The molecule has 0 aliphatic rings. The van der Waals surface area contributed by atoms with Crippen molar-refractivity contribution in [2.24, 2.45) is 11.8 Å². The standard InChI is InChI=1S/C31H48OSi2/c1-25(22-27(3)28(4)24-33(8,9)10)21-26(2)23-32-34(31(5,6)7,29-17-13-11-14-18-29)30-19-15-12-16-20-30/h11-20,22,25-26H,4,21,23-24H2,1-3,5-10H3/b27-22+. The van der Waals surface area contributed by atoms with Crippen LogP contribution in [0, 0.1) is 11.8 Å². The molecule has 2 atom stereocenters. The maximum atomic E-state index is 7.15. The van der Waals surface area contributed by atoms with E-state index in [2.05, 4.69) is 135 Å². The van der Waals surface area contributed by atoms with E-state index < -0.39 is 16.4 Å². The van der Waals surface area contributed by atoms with Crippen LogP contribution in [0.25, 0.3) is 0 Å². The second kappa shape index (κ2) is 11.8. The predicted octanol–water partition coefficient (Wildman–Crippen LogP) is 8.07. The molecule has 0 heterocycles. The monoisotopic (exact) mass is 492 g/mol. The first-order chi connectivity index (χ1) is 15.8. The molecule has 0 fully saturated rings. The molecule has 2 aromatic carbocycles. The van der Waals surface area contributed by atoms with Crippen molar-refractivity contribution in [3.8, 4) is 0 Å². The molecule has 186 valence electrons. The first kappa shape index (κ1) is 28.6. The minimum atomic E-state index is -2.46. The molecular weight excluding hydrogens is 445 g/mol. The van der Waals surface area contributed by atoms with Gasteiger partial charge in [-0.3, -0.25) is 0 Å². The van der Waals surface area contributed by atoms with Crippen molar-refractivity contribution >= 4 is 26.8 Å². The van der Waals surface area contributed by atoms with Crippen LogP contribution in [0.4, 0.5) is 0 Å². The molecule has 0 aliphatic heterocycles. The molecule has 1 nitrogen and oxygen atoms in total. The summed E-state index contributed by atoms with van der Waals surface area (Å²) in [6.07, 6.45) is 3.55. The first-order valence-corrected chi connectivity index (χ1v) is 18.5. The van der Waals surface area contributed by atoms with E-state index in [1.807, 2.05) is 0 Å². The van der Waals surface area contributed by atoms with Crippen molar-refractivity contribution in [1.82, 2.24) is 0 Å². The highest BCUT2D eigenvalue weighted by molar-refractivity contribution is 6.99. The number of allylic oxidation sites excluding steroid dienone is 3. The molecule has 0 aromatic heterocycles. The zero-order valence-electron chi connectivity index (χ0n) is 23.2. The lowest BCUT2D eigenvalue weighted by Crippen LogP contribution is -2.66. The van der Waals surface area contributed by atoms with Crippen LogP contribution >= 0.6 is 0 Å². The molecule has 0 saturated heterocycles. The fraction of sp³-hybridized carbons (Fsp3) is 0.484. The van der Waals surface area contributed by atoms with Gasteiger partial charge >= 0.3 is 0 Å². The van der Waals surface area contributed by atoms with Gasteiger partial charge in [-0.15, -0.1) is 0 Å². The number of hydrogen-bond donors (Lipinski definition) is 0. The molecule has 0 saturated carbocycles. The molecule has 0 aliphatic carbocycles. The third-order valence-corrected chi connectivity index (χ3v) is 13.1. The highest BCUT2D eigenvalue weighted by atomic mass is 28.4. The molecule has 2 aromatic rings. The summed E-state index contributed by atoms with van der Waals surface area (Å²) in [7, 11) is -3.60. The normalized spacial score (nSPS) is 15.1. The molecule has 0 spiro atoms. The van der Waals surface area contributed by atoms with Gasteiger partial charge in [0.15, 0.2) is 0 Å². The molecule has 3 heteroatoms. The van der Waals surface area contributed by atoms with Gasteiger partial charge in [-0.2, -0.15) is 0 Å². The SMILES string of the molecule is C=C(C[Si](C)(C)C)/C(C)=C/C(C)CC(C)CO[Si](c1ccccc1)(c1ccccc1)C(C)(C)C. The van der Waals surface area contributed by atoms with Crippen molar-refractivity contribution in [1.29, 1.82) is 0 Å². The Morgan fingerprint density at radius 1 is 0.912 bits per heavy atom. The van der Waals surface area contributed by atoms with E-state index in [-0.39, 0.29) is 5.04 Å². The van der Waals surface area contributed by atoms with E-state index in [9.17, 15) is 0 Å². The van der Waals surface area contributed by atoms with Crippen LogP contribution in [0.2, 0.25) is 30.7 Å². The highest BCUT2D eigenvalue weighted by Crippen LogP contribution is 2.37. The fourth-order valence-corrected chi connectivity index (χ4v) is 11.4. The Hall–Kier alpha value is -1.69. The van der Waals surface area contributed by atoms with Crippen molar-refractivity contribution in [3.63, 3.8) is 0 Å². The average molecular weight is 493 g/mol. The molecule has 34 heavy (non-hydrogen) atoms.